The molecule has 2 fully saturated rings. The predicted octanol–water partition coefficient (Wildman–Crippen LogP) is -1.66. The third-order valence-corrected chi connectivity index (χ3v) is 6.03. The van der Waals surface area contributed by atoms with Crippen molar-refractivity contribution in [3.63, 3.8) is 0 Å². The fourth-order valence-corrected chi connectivity index (χ4v) is 4.16. The molecule has 3 heterocycles. The lowest BCUT2D eigenvalue weighted by molar-refractivity contribution is -0.137. The van der Waals surface area contributed by atoms with Crippen molar-refractivity contribution in [2.75, 3.05) is 37.7 Å². The highest BCUT2D eigenvalue weighted by atomic mass is 32.2. The van der Waals surface area contributed by atoms with Crippen LogP contribution >= 0.6 is 11.8 Å². The quantitative estimate of drug-likeness (QED) is 0.429. The Balaban J connectivity index is 1.73. The number of aromatic nitrogens is 2. The topological polar surface area (TPSA) is 162 Å². The van der Waals surface area contributed by atoms with Crippen molar-refractivity contribution in [3.8, 4) is 0 Å². The lowest BCUT2D eigenvalue weighted by Gasteiger charge is -2.41. The molecule has 0 spiro atoms. The highest BCUT2D eigenvalue weighted by Crippen LogP contribution is 2.16. The molecule has 3 N–H and O–H groups in total. The molecule has 2 atom stereocenters. The van der Waals surface area contributed by atoms with Crippen LogP contribution in [0.2, 0.25) is 0 Å². The first-order chi connectivity index (χ1) is 15.4. The number of amides is 4. The van der Waals surface area contributed by atoms with Crippen LogP contribution < -0.4 is 10.6 Å². The maximum Gasteiger partial charge on any atom is 0.313 e. The van der Waals surface area contributed by atoms with Gasteiger partial charge in [-0.1, -0.05) is 0 Å². The second-order valence-corrected chi connectivity index (χ2v) is 8.31. The molecule has 2 unspecified atom stereocenters. The molecule has 3 rings (SSSR count). The lowest BCUT2D eigenvalue weighted by atomic mass is 10.0. The number of carbonyl (C=O) groups is 5. The van der Waals surface area contributed by atoms with Crippen LogP contribution in [0.4, 0.5) is 0 Å². The van der Waals surface area contributed by atoms with Crippen molar-refractivity contribution < 1.29 is 29.1 Å². The largest absolute Gasteiger partial charge is 0.481 e. The zero-order chi connectivity index (χ0) is 23.1. The third kappa shape index (κ3) is 5.93. The summed E-state index contributed by atoms with van der Waals surface area (Å²) in [6.45, 7) is 0.743. The van der Waals surface area contributed by atoms with E-state index in [0.717, 1.165) is 18.2 Å². The minimum Gasteiger partial charge on any atom is -0.481 e. The van der Waals surface area contributed by atoms with Gasteiger partial charge in [-0.3, -0.25) is 29.0 Å². The monoisotopic (exact) mass is 464 g/mol. The van der Waals surface area contributed by atoms with E-state index in [4.69, 9.17) is 5.11 Å². The molecule has 2 saturated heterocycles. The molecule has 0 saturated carbocycles. The Morgan fingerprint density at radius 2 is 2.03 bits per heavy atom. The summed E-state index contributed by atoms with van der Waals surface area (Å²) in [5.41, 5.74) is 0.0671. The van der Waals surface area contributed by atoms with Gasteiger partial charge < -0.3 is 25.5 Å². The Kier molecular flexibility index (Phi) is 7.98. The summed E-state index contributed by atoms with van der Waals surface area (Å²) in [7, 11) is 0. The molecule has 1 aromatic heterocycles. The number of aliphatic carboxylic acids is 1. The minimum absolute atomic E-state index is 0.0518. The molecule has 2 aliphatic rings. The summed E-state index contributed by atoms with van der Waals surface area (Å²) >= 11 is 0.962. The zero-order valence-electron chi connectivity index (χ0n) is 17.2. The normalized spacial score (nSPS) is 20.9. The van der Waals surface area contributed by atoms with Gasteiger partial charge in [0.2, 0.25) is 17.7 Å². The highest BCUT2D eigenvalue weighted by molar-refractivity contribution is 8.00. The molecular weight excluding hydrogens is 440 g/mol. The van der Waals surface area contributed by atoms with E-state index in [1.807, 2.05) is 0 Å². The number of carboxylic acids is 1. The Hall–Kier alpha value is -3.22. The van der Waals surface area contributed by atoms with Gasteiger partial charge in [0, 0.05) is 32.0 Å². The summed E-state index contributed by atoms with van der Waals surface area (Å²) in [6, 6.07) is -1.73. The molecule has 13 heteroatoms. The number of nitrogens with one attached hydrogen (secondary N) is 2. The first kappa shape index (κ1) is 23.4. The van der Waals surface area contributed by atoms with E-state index in [0.29, 0.717) is 13.0 Å². The Bertz CT molecular complexity index is 884. The molecule has 12 nitrogen and oxygen atoms in total. The van der Waals surface area contributed by atoms with E-state index in [1.165, 1.54) is 28.4 Å². The van der Waals surface area contributed by atoms with Crippen molar-refractivity contribution in [1.82, 2.24) is 30.4 Å². The van der Waals surface area contributed by atoms with Crippen LogP contribution in [-0.2, 0) is 19.2 Å². The van der Waals surface area contributed by atoms with Crippen LogP contribution in [0.3, 0.4) is 0 Å². The molecule has 4 amide bonds. The maximum atomic E-state index is 13.1. The van der Waals surface area contributed by atoms with Gasteiger partial charge in [-0.05, 0) is 12.8 Å². The minimum atomic E-state index is -1.03. The smallest absolute Gasteiger partial charge is 0.313 e. The number of carboxylic acid groups (broad SMARTS) is 1. The van der Waals surface area contributed by atoms with E-state index in [-0.39, 0.29) is 48.6 Å². The number of hydrogen-bond donors (Lipinski definition) is 3. The maximum absolute atomic E-state index is 13.1. The molecule has 0 radical (unpaired) electrons. The van der Waals surface area contributed by atoms with Gasteiger partial charge in [0.25, 0.3) is 5.91 Å². The number of piperidine rings is 1. The number of rotatable bonds is 7. The fraction of sp³-hybridized carbons (Fsp3) is 0.526. The SMILES string of the molecule is O=C(O)CSCC(=O)N1CCN(C(=O)c2cnccn2)C(C(=O)NC2CCCNC2=O)C1. The van der Waals surface area contributed by atoms with Gasteiger partial charge in [0.15, 0.2) is 0 Å². The van der Waals surface area contributed by atoms with Gasteiger partial charge in [0.05, 0.1) is 24.2 Å². The van der Waals surface area contributed by atoms with Crippen LogP contribution in [0.25, 0.3) is 0 Å². The number of carbonyl (C=O) groups excluding carboxylic acids is 4. The summed E-state index contributed by atoms with van der Waals surface area (Å²) in [5, 5.41) is 14.1. The van der Waals surface area contributed by atoms with E-state index in [2.05, 4.69) is 20.6 Å². The van der Waals surface area contributed by atoms with Gasteiger partial charge in [-0.15, -0.1) is 11.8 Å². The average Bonchev–Trinajstić information content (AvgIpc) is 2.80. The Labute approximate surface area is 188 Å². The molecular formula is C19H24N6O6S. The van der Waals surface area contributed by atoms with E-state index in [9.17, 15) is 24.0 Å². The predicted molar refractivity (Wildman–Crippen MR) is 113 cm³/mol. The van der Waals surface area contributed by atoms with Crippen LogP contribution in [0.15, 0.2) is 18.6 Å². The van der Waals surface area contributed by atoms with Crippen molar-refractivity contribution in [3.05, 3.63) is 24.3 Å². The van der Waals surface area contributed by atoms with Gasteiger partial charge in [0.1, 0.15) is 17.8 Å². The van der Waals surface area contributed by atoms with Crippen LogP contribution in [0.5, 0.6) is 0 Å². The average molecular weight is 465 g/mol. The van der Waals surface area contributed by atoms with Crippen LogP contribution in [0, 0.1) is 0 Å². The summed E-state index contributed by atoms with van der Waals surface area (Å²) in [4.78, 5) is 72.0. The molecule has 172 valence electrons. The van der Waals surface area contributed by atoms with E-state index >= 15 is 0 Å². The van der Waals surface area contributed by atoms with Crippen molar-refractivity contribution in [2.24, 2.45) is 0 Å². The van der Waals surface area contributed by atoms with Gasteiger partial charge in [-0.25, -0.2) is 4.98 Å². The highest BCUT2D eigenvalue weighted by Gasteiger charge is 2.39. The van der Waals surface area contributed by atoms with Crippen molar-refractivity contribution in [2.45, 2.75) is 24.9 Å². The fourth-order valence-electron chi connectivity index (χ4n) is 3.53. The van der Waals surface area contributed by atoms with E-state index < -0.39 is 29.9 Å². The summed E-state index contributed by atoms with van der Waals surface area (Å²) in [5.74, 6) is -2.94. The molecule has 1 aromatic rings. The standard InChI is InChI=1S/C19H24N6O6S/c26-15(10-32-11-16(27)28)24-6-7-25(19(31)13-8-20-4-5-21-13)14(9-24)18(30)23-12-2-1-3-22-17(12)29/h4-5,8,12,14H,1-3,6-7,9-11H2,(H,22,29)(H,23,30)(H,27,28). The zero-order valence-corrected chi connectivity index (χ0v) is 18.0. The second kappa shape index (κ2) is 10.9. The summed E-state index contributed by atoms with van der Waals surface area (Å²) < 4.78 is 0. The number of nitrogens with zero attached hydrogens (tertiary/aromatic N) is 4. The van der Waals surface area contributed by atoms with Crippen LogP contribution in [-0.4, -0.2) is 104 Å². The third-order valence-electron chi connectivity index (χ3n) is 5.13. The van der Waals surface area contributed by atoms with Crippen molar-refractivity contribution in [1.29, 1.82) is 0 Å². The van der Waals surface area contributed by atoms with Gasteiger partial charge in [-0.2, -0.15) is 0 Å². The van der Waals surface area contributed by atoms with E-state index in [1.54, 1.807) is 0 Å². The number of thioether (sulfide) groups is 1. The molecule has 0 bridgehead atoms. The Morgan fingerprint density at radius 3 is 2.72 bits per heavy atom. The van der Waals surface area contributed by atoms with Crippen molar-refractivity contribution >= 4 is 41.4 Å². The number of piperazine rings is 1. The summed E-state index contributed by atoms with van der Waals surface area (Å²) in [6.07, 6.45) is 5.29. The molecule has 2 aliphatic heterocycles. The second-order valence-electron chi connectivity index (χ2n) is 7.33. The first-order valence-corrected chi connectivity index (χ1v) is 11.2. The first-order valence-electron chi connectivity index (χ1n) is 10.1. The number of hydrogen-bond acceptors (Lipinski definition) is 8. The Morgan fingerprint density at radius 1 is 1.22 bits per heavy atom. The van der Waals surface area contributed by atoms with Crippen LogP contribution in [0.1, 0.15) is 23.3 Å². The molecule has 32 heavy (non-hydrogen) atoms. The molecule has 0 aliphatic carbocycles. The lowest BCUT2D eigenvalue weighted by Crippen LogP contribution is -2.63. The van der Waals surface area contributed by atoms with Gasteiger partial charge >= 0.3 is 5.97 Å². The molecule has 0 aromatic carbocycles.